The first-order valence-electron chi connectivity index (χ1n) is 6.76. The van der Waals surface area contributed by atoms with E-state index in [9.17, 15) is 4.79 Å². The lowest BCUT2D eigenvalue weighted by Gasteiger charge is -2.17. The molecule has 1 aliphatic rings. The van der Waals surface area contributed by atoms with Crippen LogP contribution in [0, 0.1) is 0 Å². The Bertz CT molecular complexity index is 662. The number of rotatable bonds is 5. The van der Waals surface area contributed by atoms with Gasteiger partial charge in [-0.15, -0.1) is 11.8 Å². The summed E-state index contributed by atoms with van der Waals surface area (Å²) in [5.74, 6) is 0.892. The number of carbonyl (C=O) groups is 1. The monoisotopic (exact) mass is 300 g/mol. The summed E-state index contributed by atoms with van der Waals surface area (Å²) >= 11 is 1.55. The number of aromatic nitrogens is 2. The number of carbonyl (C=O) groups excluding carboxylic acids is 1. The quantitative estimate of drug-likeness (QED) is 0.858. The predicted octanol–water partition coefficient (Wildman–Crippen LogP) is 2.20. The maximum absolute atomic E-state index is 12.0. The second-order valence-corrected chi connectivity index (χ2v) is 5.55. The molecular formula is C15H16N4OS. The van der Waals surface area contributed by atoms with Gasteiger partial charge in [-0.3, -0.25) is 9.78 Å². The summed E-state index contributed by atoms with van der Waals surface area (Å²) < 4.78 is 0. The lowest BCUT2D eigenvalue weighted by atomic mass is 10.2. The van der Waals surface area contributed by atoms with Crippen LogP contribution in [0.4, 0.5) is 11.5 Å². The molecule has 0 saturated heterocycles. The Labute approximate surface area is 127 Å². The van der Waals surface area contributed by atoms with Gasteiger partial charge in [-0.1, -0.05) is 18.2 Å². The maximum Gasteiger partial charge on any atom is 0.231 e. The molecule has 1 aromatic heterocycles. The first kappa shape index (κ1) is 13.9. The summed E-state index contributed by atoms with van der Waals surface area (Å²) in [5.41, 5.74) is 2.12. The Morgan fingerprint density at radius 1 is 1.33 bits per heavy atom. The fourth-order valence-electron chi connectivity index (χ4n) is 2.39. The Kier molecular flexibility index (Phi) is 4.06. The Hall–Kier alpha value is -2.08. The van der Waals surface area contributed by atoms with Crippen molar-refractivity contribution in [1.29, 1.82) is 0 Å². The average molecular weight is 300 g/mol. The number of benzene rings is 1. The Balaban J connectivity index is 1.62. The molecule has 0 unspecified atom stereocenters. The van der Waals surface area contributed by atoms with E-state index in [0.717, 1.165) is 22.1 Å². The predicted molar refractivity (Wildman–Crippen MR) is 84.8 cm³/mol. The molecule has 0 saturated carbocycles. The zero-order valence-corrected chi connectivity index (χ0v) is 12.6. The summed E-state index contributed by atoms with van der Waals surface area (Å²) in [7, 11) is 0. The van der Waals surface area contributed by atoms with Crippen LogP contribution < -0.4 is 10.2 Å². The Morgan fingerprint density at radius 3 is 3.05 bits per heavy atom. The number of para-hydroxylation sites is 1. The summed E-state index contributed by atoms with van der Waals surface area (Å²) in [6.45, 7) is 1.27. The van der Waals surface area contributed by atoms with E-state index < -0.39 is 0 Å². The molecule has 108 valence electrons. The van der Waals surface area contributed by atoms with Crippen LogP contribution in [0.1, 0.15) is 5.56 Å². The van der Waals surface area contributed by atoms with Crippen molar-refractivity contribution in [2.75, 3.05) is 29.6 Å². The van der Waals surface area contributed by atoms with Gasteiger partial charge in [0.05, 0.1) is 18.8 Å². The lowest BCUT2D eigenvalue weighted by Crippen LogP contribution is -2.31. The van der Waals surface area contributed by atoms with Gasteiger partial charge in [-0.2, -0.15) is 0 Å². The molecule has 1 N–H and O–H groups in total. The molecule has 1 aromatic carbocycles. The third-order valence-corrected chi connectivity index (χ3v) is 4.00. The molecule has 2 aromatic rings. The zero-order chi connectivity index (χ0) is 14.7. The number of fused-ring (bicyclic) bond motifs is 1. The van der Waals surface area contributed by atoms with Crippen molar-refractivity contribution in [2.45, 2.75) is 11.4 Å². The van der Waals surface area contributed by atoms with Gasteiger partial charge in [0, 0.05) is 18.8 Å². The summed E-state index contributed by atoms with van der Waals surface area (Å²) in [6.07, 6.45) is 5.89. The molecule has 1 amide bonds. The molecule has 21 heavy (non-hydrogen) atoms. The highest BCUT2D eigenvalue weighted by Gasteiger charge is 2.25. The van der Waals surface area contributed by atoms with E-state index in [1.54, 1.807) is 24.2 Å². The second-order valence-electron chi connectivity index (χ2n) is 4.72. The van der Waals surface area contributed by atoms with Gasteiger partial charge in [-0.25, -0.2) is 4.98 Å². The molecule has 0 radical (unpaired) electrons. The highest BCUT2D eigenvalue weighted by Crippen LogP contribution is 2.27. The van der Waals surface area contributed by atoms with Gasteiger partial charge in [0.1, 0.15) is 10.8 Å². The van der Waals surface area contributed by atoms with Crippen molar-refractivity contribution in [3.63, 3.8) is 0 Å². The van der Waals surface area contributed by atoms with Crippen LogP contribution in [-0.4, -0.2) is 35.2 Å². The van der Waals surface area contributed by atoms with Crippen LogP contribution in [0.5, 0.6) is 0 Å². The smallest absolute Gasteiger partial charge is 0.231 e. The highest BCUT2D eigenvalue weighted by molar-refractivity contribution is 7.98. The molecule has 2 heterocycles. The molecule has 3 rings (SSSR count). The summed E-state index contributed by atoms with van der Waals surface area (Å²) in [5, 5.41) is 4.09. The molecule has 5 nitrogen and oxygen atoms in total. The largest absolute Gasteiger partial charge is 0.367 e. The van der Waals surface area contributed by atoms with Crippen molar-refractivity contribution in [3.05, 3.63) is 42.2 Å². The number of thioether (sulfide) groups is 1. The van der Waals surface area contributed by atoms with E-state index in [1.807, 2.05) is 35.4 Å². The second kappa shape index (κ2) is 6.13. The number of amides is 1. The van der Waals surface area contributed by atoms with E-state index in [0.29, 0.717) is 19.5 Å². The number of nitrogens with zero attached hydrogens (tertiary/aromatic N) is 3. The molecule has 0 spiro atoms. The fraction of sp³-hybridized carbons (Fsp3) is 0.267. The molecular weight excluding hydrogens is 284 g/mol. The third kappa shape index (κ3) is 3.00. The standard InChI is InChI=1S/C15H16N4OS/c1-21-14-10-16-9-13(18-14)17-6-7-19-12-5-3-2-4-11(12)8-15(19)20/h2-5,9-10H,6-8H2,1H3,(H,17,18). The topological polar surface area (TPSA) is 58.1 Å². The van der Waals surface area contributed by atoms with Crippen LogP contribution in [0.3, 0.4) is 0 Å². The van der Waals surface area contributed by atoms with Gasteiger partial charge in [0.25, 0.3) is 0 Å². The van der Waals surface area contributed by atoms with Crippen LogP contribution in [-0.2, 0) is 11.2 Å². The van der Waals surface area contributed by atoms with E-state index in [2.05, 4.69) is 15.3 Å². The van der Waals surface area contributed by atoms with Crippen LogP contribution in [0.25, 0.3) is 0 Å². The van der Waals surface area contributed by atoms with Gasteiger partial charge in [-0.05, 0) is 17.9 Å². The minimum absolute atomic E-state index is 0.155. The molecule has 6 heteroatoms. The summed E-state index contributed by atoms with van der Waals surface area (Å²) in [6, 6.07) is 7.94. The van der Waals surface area contributed by atoms with Crippen molar-refractivity contribution in [3.8, 4) is 0 Å². The summed E-state index contributed by atoms with van der Waals surface area (Å²) in [4.78, 5) is 22.4. The Morgan fingerprint density at radius 2 is 2.19 bits per heavy atom. The van der Waals surface area contributed by atoms with Crippen molar-refractivity contribution in [1.82, 2.24) is 9.97 Å². The van der Waals surface area contributed by atoms with E-state index >= 15 is 0 Å². The SMILES string of the molecule is CSc1cncc(NCCN2C(=O)Cc3ccccc32)n1. The van der Waals surface area contributed by atoms with Crippen LogP contribution in [0.15, 0.2) is 41.7 Å². The van der Waals surface area contributed by atoms with Gasteiger partial charge in [0.15, 0.2) is 0 Å². The molecule has 0 bridgehead atoms. The molecule has 1 aliphatic heterocycles. The van der Waals surface area contributed by atoms with E-state index in [1.165, 1.54) is 0 Å². The van der Waals surface area contributed by atoms with Crippen LogP contribution in [0.2, 0.25) is 0 Å². The molecule has 0 atom stereocenters. The highest BCUT2D eigenvalue weighted by atomic mass is 32.2. The van der Waals surface area contributed by atoms with E-state index in [4.69, 9.17) is 0 Å². The average Bonchev–Trinajstić information content (AvgIpc) is 2.83. The lowest BCUT2D eigenvalue weighted by molar-refractivity contribution is -0.117. The molecule has 0 aliphatic carbocycles. The first-order chi connectivity index (χ1) is 10.3. The third-order valence-electron chi connectivity index (χ3n) is 3.39. The van der Waals surface area contributed by atoms with Gasteiger partial charge in [0.2, 0.25) is 5.91 Å². The maximum atomic E-state index is 12.0. The fourth-order valence-corrected chi connectivity index (χ4v) is 2.74. The number of anilines is 2. The van der Waals surface area contributed by atoms with Gasteiger partial charge < -0.3 is 10.2 Å². The molecule has 0 fully saturated rings. The van der Waals surface area contributed by atoms with E-state index in [-0.39, 0.29) is 5.91 Å². The zero-order valence-electron chi connectivity index (χ0n) is 11.7. The van der Waals surface area contributed by atoms with Crippen LogP contribution >= 0.6 is 11.8 Å². The normalized spacial score (nSPS) is 13.4. The number of hydrogen-bond donors (Lipinski definition) is 1. The number of nitrogens with one attached hydrogen (secondary N) is 1. The first-order valence-corrected chi connectivity index (χ1v) is 7.98. The van der Waals surface area contributed by atoms with Crippen molar-refractivity contribution >= 4 is 29.2 Å². The number of hydrogen-bond acceptors (Lipinski definition) is 5. The van der Waals surface area contributed by atoms with Crippen molar-refractivity contribution < 1.29 is 4.79 Å². The van der Waals surface area contributed by atoms with Crippen molar-refractivity contribution in [2.24, 2.45) is 0 Å². The van der Waals surface area contributed by atoms with Gasteiger partial charge >= 0.3 is 0 Å². The minimum atomic E-state index is 0.155. The minimum Gasteiger partial charge on any atom is -0.367 e.